The zero-order valence-electron chi connectivity index (χ0n) is 14.7. The van der Waals surface area contributed by atoms with Crippen molar-refractivity contribution in [3.8, 4) is 0 Å². The van der Waals surface area contributed by atoms with Crippen molar-refractivity contribution in [1.29, 1.82) is 0 Å². The molecule has 0 bridgehead atoms. The second kappa shape index (κ2) is 7.68. The molecule has 0 aromatic heterocycles. The van der Waals surface area contributed by atoms with E-state index in [0.29, 0.717) is 6.04 Å². The molecule has 1 saturated heterocycles. The number of anilines is 2. The molecule has 2 rings (SSSR count). The van der Waals surface area contributed by atoms with Crippen molar-refractivity contribution >= 4 is 17.5 Å². The lowest BCUT2D eigenvalue weighted by Crippen LogP contribution is -2.38. The van der Waals surface area contributed by atoms with Crippen LogP contribution in [-0.2, 0) is 4.74 Å². The predicted octanol–water partition coefficient (Wildman–Crippen LogP) is 3.93. The molecular weight excluding hydrogens is 290 g/mol. The Kier molecular flexibility index (Phi) is 5.88. The van der Waals surface area contributed by atoms with E-state index >= 15 is 0 Å². The van der Waals surface area contributed by atoms with E-state index in [2.05, 4.69) is 22.5 Å². The van der Waals surface area contributed by atoms with Crippen molar-refractivity contribution < 1.29 is 9.53 Å². The van der Waals surface area contributed by atoms with E-state index < -0.39 is 11.7 Å². The van der Waals surface area contributed by atoms with Gasteiger partial charge in [0.25, 0.3) is 0 Å². The van der Waals surface area contributed by atoms with Crippen LogP contribution in [0, 0.1) is 0 Å². The number of piperidine rings is 1. The second-order valence-corrected chi connectivity index (χ2v) is 7.06. The standard InChI is InChI=1S/C18H29N3O2/c1-5-21-12-10-16(11-13-21)19-14-6-8-15(9-7-14)20-17(22)23-18(2,3)4/h6-9,16,19H,5,10-13H2,1-4H3,(H,20,22). The minimum Gasteiger partial charge on any atom is -0.444 e. The van der Waals surface area contributed by atoms with Crippen LogP contribution in [0.2, 0.25) is 0 Å². The lowest BCUT2D eigenvalue weighted by Gasteiger charge is -2.32. The normalized spacial score (nSPS) is 16.9. The van der Waals surface area contributed by atoms with Crippen LogP contribution in [0.1, 0.15) is 40.5 Å². The Morgan fingerprint density at radius 3 is 2.26 bits per heavy atom. The third-order valence-corrected chi connectivity index (χ3v) is 3.94. The fourth-order valence-electron chi connectivity index (χ4n) is 2.70. The van der Waals surface area contributed by atoms with Gasteiger partial charge in [0.2, 0.25) is 0 Å². The summed E-state index contributed by atoms with van der Waals surface area (Å²) in [6.07, 6.45) is 1.92. The van der Waals surface area contributed by atoms with Crippen LogP contribution in [0.25, 0.3) is 0 Å². The van der Waals surface area contributed by atoms with Crippen LogP contribution in [0.4, 0.5) is 16.2 Å². The van der Waals surface area contributed by atoms with Crippen LogP contribution in [0.5, 0.6) is 0 Å². The van der Waals surface area contributed by atoms with E-state index in [1.54, 1.807) is 0 Å². The first-order valence-electron chi connectivity index (χ1n) is 8.44. The minimum atomic E-state index is -0.487. The number of hydrogen-bond acceptors (Lipinski definition) is 4. The van der Waals surface area contributed by atoms with Crippen molar-refractivity contribution in [1.82, 2.24) is 4.90 Å². The second-order valence-electron chi connectivity index (χ2n) is 7.06. The van der Waals surface area contributed by atoms with Crippen LogP contribution in [0.3, 0.4) is 0 Å². The summed E-state index contributed by atoms with van der Waals surface area (Å²) in [4.78, 5) is 14.2. The lowest BCUT2D eigenvalue weighted by molar-refractivity contribution is 0.0636. The van der Waals surface area contributed by atoms with E-state index in [0.717, 1.165) is 31.0 Å². The molecule has 1 heterocycles. The molecule has 0 radical (unpaired) electrons. The van der Waals surface area contributed by atoms with Crippen LogP contribution in [0.15, 0.2) is 24.3 Å². The summed E-state index contributed by atoms with van der Waals surface area (Å²) in [6, 6.07) is 8.32. The Hall–Kier alpha value is -1.75. The van der Waals surface area contributed by atoms with E-state index in [4.69, 9.17) is 4.74 Å². The largest absolute Gasteiger partial charge is 0.444 e. The SMILES string of the molecule is CCN1CCC(Nc2ccc(NC(=O)OC(C)(C)C)cc2)CC1. The molecule has 1 aromatic rings. The minimum absolute atomic E-state index is 0.426. The average Bonchev–Trinajstić information content (AvgIpc) is 2.48. The van der Waals surface area contributed by atoms with Gasteiger partial charge in [-0.05, 0) is 64.4 Å². The van der Waals surface area contributed by atoms with Crippen LogP contribution >= 0.6 is 0 Å². The number of benzene rings is 1. The van der Waals surface area contributed by atoms with Crippen LogP contribution in [-0.4, -0.2) is 42.3 Å². The smallest absolute Gasteiger partial charge is 0.412 e. The monoisotopic (exact) mass is 319 g/mol. The first-order chi connectivity index (χ1) is 10.9. The van der Waals surface area contributed by atoms with Gasteiger partial charge in [0, 0.05) is 30.5 Å². The van der Waals surface area contributed by atoms with Gasteiger partial charge in [-0.3, -0.25) is 5.32 Å². The maximum atomic E-state index is 11.7. The van der Waals surface area contributed by atoms with Gasteiger partial charge < -0.3 is 15.0 Å². The molecule has 128 valence electrons. The summed E-state index contributed by atoms with van der Waals surface area (Å²) in [5.74, 6) is 0. The van der Waals surface area contributed by atoms with Gasteiger partial charge in [-0.2, -0.15) is 0 Å². The summed E-state index contributed by atoms with van der Waals surface area (Å²) in [7, 11) is 0. The van der Waals surface area contributed by atoms with Crippen LogP contribution < -0.4 is 10.6 Å². The average molecular weight is 319 g/mol. The summed E-state index contributed by atoms with van der Waals surface area (Å²) in [5, 5.41) is 6.32. The maximum Gasteiger partial charge on any atom is 0.412 e. The third-order valence-electron chi connectivity index (χ3n) is 3.94. The van der Waals surface area contributed by atoms with E-state index in [9.17, 15) is 4.79 Å². The molecule has 0 unspecified atom stereocenters. The summed E-state index contributed by atoms with van der Waals surface area (Å²) < 4.78 is 5.24. The molecule has 23 heavy (non-hydrogen) atoms. The molecule has 1 fully saturated rings. The Bertz CT molecular complexity index is 500. The first-order valence-corrected chi connectivity index (χ1v) is 8.44. The van der Waals surface area contributed by atoms with Gasteiger partial charge in [0.05, 0.1) is 0 Å². The molecule has 1 amide bonds. The number of nitrogens with zero attached hydrogens (tertiary/aromatic N) is 1. The molecular formula is C18H29N3O2. The molecule has 1 aliphatic rings. The van der Waals surface area contributed by atoms with E-state index in [1.807, 2.05) is 45.0 Å². The first kappa shape index (κ1) is 17.6. The number of carbonyl (C=O) groups is 1. The van der Waals surface area contributed by atoms with Gasteiger partial charge in [-0.25, -0.2) is 4.79 Å². The Morgan fingerprint density at radius 2 is 1.74 bits per heavy atom. The maximum absolute atomic E-state index is 11.7. The number of ether oxygens (including phenoxy) is 1. The van der Waals surface area contributed by atoms with Crippen molar-refractivity contribution in [2.24, 2.45) is 0 Å². The zero-order valence-corrected chi connectivity index (χ0v) is 14.7. The van der Waals surface area contributed by atoms with Gasteiger partial charge in [-0.1, -0.05) is 6.92 Å². The zero-order chi connectivity index (χ0) is 16.9. The number of likely N-dealkylation sites (tertiary alicyclic amines) is 1. The van der Waals surface area contributed by atoms with Gasteiger partial charge in [0.15, 0.2) is 0 Å². The lowest BCUT2D eigenvalue weighted by atomic mass is 10.0. The summed E-state index contributed by atoms with van der Waals surface area (Å²) in [6.45, 7) is 11.2. The van der Waals surface area contributed by atoms with Gasteiger partial charge in [-0.15, -0.1) is 0 Å². The summed E-state index contributed by atoms with van der Waals surface area (Å²) in [5.41, 5.74) is 1.35. The Labute approximate surface area is 139 Å². The molecule has 1 aromatic carbocycles. The Balaban J connectivity index is 1.82. The molecule has 0 atom stereocenters. The highest BCUT2D eigenvalue weighted by Gasteiger charge is 2.18. The highest BCUT2D eigenvalue weighted by molar-refractivity contribution is 5.85. The number of hydrogen-bond donors (Lipinski definition) is 2. The molecule has 1 aliphatic heterocycles. The highest BCUT2D eigenvalue weighted by atomic mass is 16.6. The molecule has 0 aliphatic carbocycles. The number of rotatable bonds is 4. The number of nitrogens with one attached hydrogen (secondary N) is 2. The fourth-order valence-corrected chi connectivity index (χ4v) is 2.70. The molecule has 0 saturated carbocycles. The summed E-state index contributed by atoms with van der Waals surface area (Å²) >= 11 is 0. The van der Waals surface area contributed by atoms with Crippen molar-refractivity contribution in [3.63, 3.8) is 0 Å². The highest BCUT2D eigenvalue weighted by Crippen LogP contribution is 2.19. The molecule has 5 heteroatoms. The predicted molar refractivity (Wildman–Crippen MR) is 95.1 cm³/mol. The van der Waals surface area contributed by atoms with E-state index in [1.165, 1.54) is 12.8 Å². The molecule has 5 nitrogen and oxygen atoms in total. The van der Waals surface area contributed by atoms with E-state index in [-0.39, 0.29) is 0 Å². The Morgan fingerprint density at radius 1 is 1.17 bits per heavy atom. The molecule has 0 spiro atoms. The fraction of sp³-hybridized carbons (Fsp3) is 0.611. The van der Waals surface area contributed by atoms with Crippen molar-refractivity contribution in [2.45, 2.75) is 52.2 Å². The van der Waals surface area contributed by atoms with Gasteiger partial charge in [0.1, 0.15) is 5.60 Å². The van der Waals surface area contributed by atoms with Crippen molar-refractivity contribution in [3.05, 3.63) is 24.3 Å². The van der Waals surface area contributed by atoms with Crippen molar-refractivity contribution in [2.75, 3.05) is 30.3 Å². The molecule has 2 N–H and O–H groups in total. The third kappa shape index (κ3) is 6.10. The number of amides is 1. The van der Waals surface area contributed by atoms with Gasteiger partial charge >= 0.3 is 6.09 Å². The number of carbonyl (C=O) groups excluding carboxylic acids is 1. The topological polar surface area (TPSA) is 53.6 Å². The quantitative estimate of drug-likeness (QED) is 0.883.